The number of esters is 1. The summed E-state index contributed by atoms with van der Waals surface area (Å²) in [7, 11) is 0. The van der Waals surface area contributed by atoms with Gasteiger partial charge in [0, 0.05) is 35.6 Å². The van der Waals surface area contributed by atoms with Crippen LogP contribution < -0.4 is 5.32 Å². The van der Waals surface area contributed by atoms with Gasteiger partial charge < -0.3 is 14.6 Å². The zero-order valence-corrected chi connectivity index (χ0v) is 17.2. The van der Waals surface area contributed by atoms with E-state index in [9.17, 15) is 19.7 Å². The van der Waals surface area contributed by atoms with Crippen molar-refractivity contribution >= 4 is 29.3 Å². The van der Waals surface area contributed by atoms with Gasteiger partial charge in [0.1, 0.15) is 0 Å². The summed E-state index contributed by atoms with van der Waals surface area (Å²) in [4.78, 5) is 35.4. The topological polar surface area (TPSA) is 103 Å². The molecule has 2 rings (SSSR count). The molecule has 8 nitrogen and oxygen atoms in total. The van der Waals surface area contributed by atoms with E-state index in [2.05, 4.69) is 5.32 Å². The maximum atomic E-state index is 12.4. The van der Waals surface area contributed by atoms with Gasteiger partial charge in [-0.05, 0) is 46.8 Å². The van der Waals surface area contributed by atoms with Gasteiger partial charge in [-0.2, -0.15) is 0 Å². The molecule has 0 bridgehead atoms. The Balaban J connectivity index is 2.34. The minimum absolute atomic E-state index is 0.0668. The third kappa shape index (κ3) is 4.53. The summed E-state index contributed by atoms with van der Waals surface area (Å²) in [6, 6.07) is 4.49. The van der Waals surface area contributed by atoms with Crippen molar-refractivity contribution in [3.05, 3.63) is 62.5 Å². The highest BCUT2D eigenvalue weighted by Gasteiger charge is 2.22. The van der Waals surface area contributed by atoms with Gasteiger partial charge in [0.2, 0.25) is 5.91 Å². The van der Waals surface area contributed by atoms with Crippen LogP contribution in [-0.4, -0.2) is 28.0 Å². The molecule has 0 saturated heterocycles. The van der Waals surface area contributed by atoms with Crippen molar-refractivity contribution in [1.82, 2.24) is 4.57 Å². The molecule has 0 spiro atoms. The van der Waals surface area contributed by atoms with E-state index in [1.807, 2.05) is 25.3 Å². The molecular weight excluding hydrogens is 374 g/mol. The minimum Gasteiger partial charge on any atom is -0.462 e. The molecule has 1 aromatic heterocycles. The Bertz CT molecular complexity index is 989. The van der Waals surface area contributed by atoms with Crippen LogP contribution in [0.15, 0.2) is 24.3 Å². The van der Waals surface area contributed by atoms with E-state index in [1.165, 1.54) is 18.2 Å². The third-order valence-corrected chi connectivity index (χ3v) is 4.79. The Hall–Kier alpha value is -3.42. The number of nitrogens with one attached hydrogen (secondary N) is 1. The fourth-order valence-corrected chi connectivity index (χ4v) is 3.34. The van der Waals surface area contributed by atoms with Gasteiger partial charge in [-0.1, -0.05) is 6.07 Å². The molecule has 0 saturated carbocycles. The first-order valence-electron chi connectivity index (χ1n) is 9.32. The fourth-order valence-electron chi connectivity index (χ4n) is 3.34. The summed E-state index contributed by atoms with van der Waals surface area (Å²) in [5.41, 5.74) is 3.34. The van der Waals surface area contributed by atoms with E-state index in [1.54, 1.807) is 26.0 Å². The van der Waals surface area contributed by atoms with Crippen LogP contribution in [-0.2, 0) is 16.1 Å². The van der Waals surface area contributed by atoms with E-state index in [0.717, 1.165) is 11.4 Å². The second-order valence-corrected chi connectivity index (χ2v) is 6.45. The van der Waals surface area contributed by atoms with Crippen molar-refractivity contribution in [3.8, 4) is 0 Å². The fraction of sp³-hybridized carbons (Fsp3) is 0.333. The number of carbonyl (C=O) groups is 2. The average Bonchev–Trinajstić information content (AvgIpc) is 2.90. The van der Waals surface area contributed by atoms with Gasteiger partial charge in [-0.3, -0.25) is 14.9 Å². The first-order valence-corrected chi connectivity index (χ1v) is 9.32. The zero-order chi connectivity index (χ0) is 21.7. The molecule has 1 N–H and O–H groups in total. The van der Waals surface area contributed by atoms with Crippen molar-refractivity contribution in [3.63, 3.8) is 0 Å². The number of nitro groups is 1. The molecule has 0 aliphatic carbocycles. The second kappa shape index (κ2) is 9.18. The molecule has 0 aliphatic heterocycles. The lowest BCUT2D eigenvalue weighted by Gasteiger charge is -2.06. The number of nitro benzene ring substituents is 1. The number of rotatable bonds is 7. The SMILES string of the molecule is CCOC(=O)c1c(/C=C/C(=O)Nc2cccc([N+](=O)[O-])c2C)c(C)n(CC)c1C. The van der Waals surface area contributed by atoms with Crippen molar-refractivity contribution in [2.24, 2.45) is 0 Å². The normalized spacial score (nSPS) is 10.9. The lowest BCUT2D eigenvalue weighted by Crippen LogP contribution is -2.10. The lowest BCUT2D eigenvalue weighted by molar-refractivity contribution is -0.385. The molecule has 2 aromatic rings. The van der Waals surface area contributed by atoms with Gasteiger partial charge in [0.25, 0.3) is 5.69 Å². The Kier molecular flexibility index (Phi) is 6.93. The van der Waals surface area contributed by atoms with Crippen LogP contribution in [0.2, 0.25) is 0 Å². The van der Waals surface area contributed by atoms with E-state index >= 15 is 0 Å². The van der Waals surface area contributed by atoms with Crippen LogP contribution in [0.5, 0.6) is 0 Å². The number of nitrogens with zero attached hydrogens (tertiary/aromatic N) is 2. The third-order valence-electron chi connectivity index (χ3n) is 4.79. The predicted molar refractivity (Wildman–Crippen MR) is 111 cm³/mol. The molecule has 0 aliphatic rings. The van der Waals surface area contributed by atoms with E-state index < -0.39 is 16.8 Å². The smallest absolute Gasteiger partial charge is 0.340 e. The number of benzene rings is 1. The first-order chi connectivity index (χ1) is 13.7. The van der Waals surface area contributed by atoms with Crippen LogP contribution >= 0.6 is 0 Å². The summed E-state index contributed by atoms with van der Waals surface area (Å²) >= 11 is 0. The first kappa shape index (κ1) is 21.9. The number of aromatic nitrogens is 1. The molecule has 1 heterocycles. The van der Waals surface area contributed by atoms with E-state index in [4.69, 9.17) is 4.74 Å². The molecular formula is C21H25N3O5. The van der Waals surface area contributed by atoms with Crippen LogP contribution in [0.4, 0.5) is 11.4 Å². The van der Waals surface area contributed by atoms with Gasteiger partial charge >= 0.3 is 5.97 Å². The van der Waals surface area contributed by atoms with Crippen LogP contribution in [0, 0.1) is 30.9 Å². The van der Waals surface area contributed by atoms with Crippen LogP contribution in [0.3, 0.4) is 0 Å². The minimum atomic E-state index is -0.494. The molecule has 0 unspecified atom stereocenters. The Labute approximate surface area is 169 Å². The van der Waals surface area contributed by atoms with E-state index in [-0.39, 0.29) is 12.3 Å². The number of amides is 1. The summed E-state index contributed by atoms with van der Waals surface area (Å²) in [5.74, 6) is -0.889. The van der Waals surface area contributed by atoms with Gasteiger partial charge in [0.05, 0.1) is 28.3 Å². The molecule has 1 amide bonds. The highest BCUT2D eigenvalue weighted by atomic mass is 16.6. The Morgan fingerprint density at radius 2 is 1.90 bits per heavy atom. The number of anilines is 1. The molecule has 0 fully saturated rings. The highest BCUT2D eigenvalue weighted by Crippen LogP contribution is 2.26. The van der Waals surface area contributed by atoms with Gasteiger partial charge in [0.15, 0.2) is 0 Å². The molecule has 0 radical (unpaired) electrons. The van der Waals surface area contributed by atoms with Gasteiger partial charge in [-0.15, -0.1) is 0 Å². The summed E-state index contributed by atoms with van der Waals surface area (Å²) < 4.78 is 7.15. The molecule has 1 aromatic carbocycles. The number of ether oxygens (including phenoxy) is 1. The predicted octanol–water partition coefficient (Wildman–Crippen LogP) is 4.17. The molecule has 8 heteroatoms. The lowest BCUT2D eigenvalue weighted by atomic mass is 10.1. The maximum absolute atomic E-state index is 12.4. The van der Waals surface area contributed by atoms with E-state index in [0.29, 0.717) is 28.9 Å². The zero-order valence-electron chi connectivity index (χ0n) is 17.2. The van der Waals surface area contributed by atoms with Crippen molar-refractivity contribution in [2.45, 2.75) is 41.2 Å². The highest BCUT2D eigenvalue weighted by molar-refractivity contribution is 6.04. The van der Waals surface area contributed by atoms with Crippen LogP contribution in [0.25, 0.3) is 6.08 Å². The van der Waals surface area contributed by atoms with Crippen molar-refractivity contribution in [2.75, 3.05) is 11.9 Å². The van der Waals surface area contributed by atoms with Crippen LogP contribution in [0.1, 0.15) is 46.7 Å². The van der Waals surface area contributed by atoms with Crippen molar-refractivity contribution in [1.29, 1.82) is 0 Å². The number of hydrogen-bond donors (Lipinski definition) is 1. The average molecular weight is 399 g/mol. The number of hydrogen-bond acceptors (Lipinski definition) is 5. The molecule has 29 heavy (non-hydrogen) atoms. The largest absolute Gasteiger partial charge is 0.462 e. The summed E-state index contributed by atoms with van der Waals surface area (Å²) in [5, 5.41) is 13.7. The Morgan fingerprint density at radius 3 is 2.48 bits per heavy atom. The molecule has 0 atom stereocenters. The molecule has 154 valence electrons. The monoisotopic (exact) mass is 399 g/mol. The standard InChI is InChI=1S/C21H25N3O5/c1-6-23-14(4)16(20(15(23)5)21(26)29-7-2)11-12-19(25)22-17-9-8-10-18(13(17)3)24(27)28/h8-12H,6-7H2,1-5H3,(H,22,25)/b12-11+. The van der Waals surface area contributed by atoms with Crippen molar-refractivity contribution < 1.29 is 19.2 Å². The summed E-state index contributed by atoms with van der Waals surface area (Å²) in [6.45, 7) is 9.93. The maximum Gasteiger partial charge on any atom is 0.340 e. The van der Waals surface area contributed by atoms with Gasteiger partial charge in [-0.25, -0.2) is 4.79 Å². The number of carbonyl (C=O) groups excluding carboxylic acids is 2. The summed E-state index contributed by atoms with van der Waals surface area (Å²) in [6.07, 6.45) is 2.88. The quantitative estimate of drug-likeness (QED) is 0.326. The second-order valence-electron chi connectivity index (χ2n) is 6.45. The Morgan fingerprint density at radius 1 is 1.21 bits per heavy atom.